The third kappa shape index (κ3) is 7.32. The van der Waals surface area contributed by atoms with Crippen molar-refractivity contribution in [1.82, 2.24) is 15.5 Å². The minimum atomic E-state index is -1.11. The van der Waals surface area contributed by atoms with Crippen LogP contribution in [0.5, 0.6) is 11.5 Å². The number of amides is 1. The van der Waals surface area contributed by atoms with Crippen LogP contribution in [0.15, 0.2) is 89.5 Å². The van der Waals surface area contributed by atoms with Crippen LogP contribution in [0.3, 0.4) is 0 Å². The Balaban J connectivity index is 1.21. The molecule has 0 bridgehead atoms. The molecule has 5 rings (SSSR count). The van der Waals surface area contributed by atoms with Gasteiger partial charge in [-0.1, -0.05) is 86.6 Å². The predicted octanol–water partition coefficient (Wildman–Crippen LogP) is 6.60. The molecule has 0 fully saturated rings. The fraction of sp³-hybridized carbons (Fsp3) is 0.278. The van der Waals surface area contributed by atoms with Gasteiger partial charge in [0.15, 0.2) is 11.5 Å². The second kappa shape index (κ2) is 13.2. The molecule has 1 heterocycles. The SMILES string of the molecule is COc1ccc(C2C=CC(c3nc(-c4ccc(C[C@H](NC(=O)c5ccc(C(C)(C)C)cc5)C(=O)O)cc4)no3)=CC2)cc1OC. The molecule has 232 valence electrons. The van der Waals surface area contributed by atoms with E-state index in [2.05, 4.69) is 48.4 Å². The average Bonchev–Trinajstić information content (AvgIpc) is 3.54. The number of ether oxygens (including phenoxy) is 2. The van der Waals surface area contributed by atoms with Crippen molar-refractivity contribution in [1.29, 1.82) is 0 Å². The number of carboxylic acids is 1. The van der Waals surface area contributed by atoms with Crippen LogP contribution in [0.4, 0.5) is 0 Å². The maximum absolute atomic E-state index is 12.8. The highest BCUT2D eigenvalue weighted by Crippen LogP contribution is 2.35. The van der Waals surface area contributed by atoms with Gasteiger partial charge >= 0.3 is 5.97 Å². The number of aliphatic carboxylic acids is 1. The lowest BCUT2D eigenvalue weighted by Gasteiger charge is -2.19. The van der Waals surface area contributed by atoms with Crippen molar-refractivity contribution < 1.29 is 28.7 Å². The van der Waals surface area contributed by atoms with E-state index in [1.54, 1.807) is 38.5 Å². The van der Waals surface area contributed by atoms with Gasteiger partial charge in [0.1, 0.15) is 6.04 Å². The second-order valence-corrected chi connectivity index (χ2v) is 12.0. The summed E-state index contributed by atoms with van der Waals surface area (Å²) >= 11 is 0. The number of rotatable bonds is 10. The fourth-order valence-corrected chi connectivity index (χ4v) is 5.16. The smallest absolute Gasteiger partial charge is 0.326 e. The molecule has 0 aliphatic heterocycles. The van der Waals surface area contributed by atoms with Gasteiger partial charge in [0.05, 0.1) is 14.2 Å². The highest BCUT2D eigenvalue weighted by atomic mass is 16.5. The summed E-state index contributed by atoms with van der Waals surface area (Å²) in [7, 11) is 3.24. The number of methoxy groups -OCH3 is 2. The topological polar surface area (TPSA) is 124 Å². The molecule has 0 radical (unpaired) electrons. The molecule has 3 aromatic carbocycles. The predicted molar refractivity (Wildman–Crippen MR) is 171 cm³/mol. The van der Waals surface area contributed by atoms with Crippen molar-refractivity contribution >= 4 is 17.4 Å². The fourth-order valence-electron chi connectivity index (χ4n) is 5.16. The molecule has 1 aliphatic rings. The summed E-state index contributed by atoms with van der Waals surface area (Å²) in [5.74, 6) is 0.862. The molecule has 1 aliphatic carbocycles. The largest absolute Gasteiger partial charge is 0.493 e. The Morgan fingerprint density at radius 2 is 1.71 bits per heavy atom. The summed E-state index contributed by atoms with van der Waals surface area (Å²) in [5.41, 5.74) is 4.89. The van der Waals surface area contributed by atoms with Crippen LogP contribution in [0, 0.1) is 0 Å². The Labute approximate surface area is 262 Å². The van der Waals surface area contributed by atoms with Crippen molar-refractivity contribution in [2.45, 2.75) is 51.0 Å². The van der Waals surface area contributed by atoms with E-state index in [9.17, 15) is 14.7 Å². The van der Waals surface area contributed by atoms with E-state index in [1.807, 2.05) is 48.5 Å². The van der Waals surface area contributed by atoms with Crippen LogP contribution in [0.2, 0.25) is 0 Å². The zero-order chi connectivity index (χ0) is 32.1. The monoisotopic (exact) mass is 607 g/mol. The zero-order valence-corrected chi connectivity index (χ0v) is 26.0. The Kier molecular flexibility index (Phi) is 9.18. The number of carboxylic acid groups (broad SMARTS) is 1. The number of nitrogens with one attached hydrogen (secondary N) is 1. The molecular weight excluding hydrogens is 570 g/mol. The first-order valence-electron chi connectivity index (χ1n) is 14.7. The van der Waals surface area contributed by atoms with Gasteiger partial charge in [0, 0.05) is 29.0 Å². The van der Waals surface area contributed by atoms with Crippen LogP contribution in [0.1, 0.15) is 66.0 Å². The third-order valence-corrected chi connectivity index (χ3v) is 7.88. The maximum Gasteiger partial charge on any atom is 0.326 e. The molecule has 0 spiro atoms. The Morgan fingerprint density at radius 1 is 1.00 bits per heavy atom. The summed E-state index contributed by atoms with van der Waals surface area (Å²) in [6.45, 7) is 6.28. The number of hydrogen-bond donors (Lipinski definition) is 2. The van der Waals surface area contributed by atoms with Gasteiger partial charge in [-0.25, -0.2) is 4.79 Å². The van der Waals surface area contributed by atoms with Crippen molar-refractivity contribution in [2.24, 2.45) is 0 Å². The van der Waals surface area contributed by atoms with Gasteiger partial charge in [-0.15, -0.1) is 0 Å². The van der Waals surface area contributed by atoms with E-state index in [0.717, 1.165) is 34.2 Å². The quantitative estimate of drug-likeness (QED) is 0.207. The molecule has 1 unspecified atom stereocenters. The van der Waals surface area contributed by atoms with Crippen LogP contribution >= 0.6 is 0 Å². The molecule has 9 heteroatoms. The zero-order valence-electron chi connectivity index (χ0n) is 26.0. The molecular formula is C36H37N3O6. The third-order valence-electron chi connectivity index (χ3n) is 7.88. The first kappa shape index (κ1) is 31.3. The molecule has 1 amide bonds. The first-order chi connectivity index (χ1) is 21.5. The summed E-state index contributed by atoms with van der Waals surface area (Å²) in [4.78, 5) is 29.4. The number of allylic oxidation sites excluding steroid dienone is 4. The lowest BCUT2D eigenvalue weighted by molar-refractivity contribution is -0.139. The molecule has 2 atom stereocenters. The van der Waals surface area contributed by atoms with Crippen LogP contribution in [-0.4, -0.2) is 47.4 Å². The normalized spacial score (nSPS) is 15.2. The van der Waals surface area contributed by atoms with Crippen molar-refractivity contribution in [2.75, 3.05) is 14.2 Å². The Morgan fingerprint density at radius 3 is 2.31 bits per heavy atom. The lowest BCUT2D eigenvalue weighted by Crippen LogP contribution is -2.42. The van der Waals surface area contributed by atoms with E-state index < -0.39 is 17.9 Å². The number of aromatic nitrogens is 2. The number of hydrogen-bond acceptors (Lipinski definition) is 7. The summed E-state index contributed by atoms with van der Waals surface area (Å²) < 4.78 is 16.3. The summed E-state index contributed by atoms with van der Waals surface area (Å²) in [5, 5.41) is 16.6. The molecule has 0 saturated heterocycles. The first-order valence-corrected chi connectivity index (χ1v) is 14.7. The van der Waals surface area contributed by atoms with E-state index in [4.69, 9.17) is 14.0 Å². The van der Waals surface area contributed by atoms with Gasteiger partial charge in [-0.3, -0.25) is 4.79 Å². The standard InChI is InChI=1S/C36H37N3O6/c1-36(2,3)28-17-14-25(15-18-28)33(40)37-29(35(41)42)20-22-6-8-24(9-7-22)32-38-34(45-39-32)26-12-10-23(11-13-26)27-16-19-30(43-4)31(21-27)44-5/h6-10,12-19,21,23,29H,11,20H2,1-5H3,(H,37,40)(H,41,42)/t23?,29-/m0/s1. The molecule has 45 heavy (non-hydrogen) atoms. The molecule has 1 aromatic heterocycles. The highest BCUT2D eigenvalue weighted by molar-refractivity contribution is 5.96. The van der Waals surface area contributed by atoms with E-state index in [1.165, 1.54) is 0 Å². The van der Waals surface area contributed by atoms with Crippen LogP contribution in [0.25, 0.3) is 17.0 Å². The Hall–Kier alpha value is -5.18. The van der Waals surface area contributed by atoms with Crippen molar-refractivity contribution in [3.63, 3.8) is 0 Å². The molecule has 4 aromatic rings. The molecule has 2 N–H and O–H groups in total. The minimum Gasteiger partial charge on any atom is -0.493 e. The van der Waals surface area contributed by atoms with Crippen molar-refractivity contribution in [3.8, 4) is 22.9 Å². The minimum absolute atomic E-state index is 0.0461. The van der Waals surface area contributed by atoms with Crippen molar-refractivity contribution in [3.05, 3.63) is 113 Å². The van der Waals surface area contributed by atoms with E-state index in [-0.39, 0.29) is 17.8 Å². The maximum atomic E-state index is 12.8. The number of carbonyl (C=O) groups is 2. The van der Waals surface area contributed by atoms with Crippen LogP contribution in [-0.2, 0) is 16.6 Å². The summed E-state index contributed by atoms with van der Waals surface area (Å²) in [6.07, 6.45) is 7.04. The number of nitrogens with zero attached hydrogens (tertiary/aromatic N) is 2. The summed E-state index contributed by atoms with van der Waals surface area (Å²) in [6, 6.07) is 19.3. The Bertz CT molecular complexity index is 1730. The highest BCUT2D eigenvalue weighted by Gasteiger charge is 2.23. The van der Waals surface area contributed by atoms with Gasteiger partial charge in [-0.05, 0) is 52.8 Å². The average molecular weight is 608 g/mol. The molecule has 0 saturated carbocycles. The van der Waals surface area contributed by atoms with Crippen LogP contribution < -0.4 is 14.8 Å². The van der Waals surface area contributed by atoms with Gasteiger partial charge in [0.25, 0.3) is 11.8 Å². The van der Waals surface area contributed by atoms with Gasteiger partial charge < -0.3 is 24.4 Å². The number of benzene rings is 3. The van der Waals surface area contributed by atoms with Gasteiger partial charge in [0.2, 0.25) is 5.82 Å². The van der Waals surface area contributed by atoms with Gasteiger partial charge in [-0.2, -0.15) is 4.98 Å². The molecule has 9 nitrogen and oxygen atoms in total. The second-order valence-electron chi connectivity index (χ2n) is 12.0. The number of carbonyl (C=O) groups excluding carboxylic acids is 1. The van der Waals surface area contributed by atoms with E-state index >= 15 is 0 Å². The lowest BCUT2D eigenvalue weighted by atomic mass is 9.86. The van der Waals surface area contributed by atoms with E-state index in [0.29, 0.717) is 28.8 Å².